The molecular weight excluding hydrogens is 240 g/mol. The van der Waals surface area contributed by atoms with Crippen LogP contribution in [0.25, 0.3) is 0 Å². The lowest BCUT2D eigenvalue weighted by atomic mass is 9.69. The van der Waals surface area contributed by atoms with E-state index in [0.717, 1.165) is 35.5 Å². The van der Waals surface area contributed by atoms with E-state index >= 15 is 0 Å². The predicted octanol–water partition coefficient (Wildman–Crippen LogP) is 6.47. The third kappa shape index (κ3) is 4.37. The van der Waals surface area contributed by atoms with Crippen molar-refractivity contribution in [3.63, 3.8) is 0 Å². The molecule has 20 heavy (non-hydrogen) atoms. The minimum atomic E-state index is 0.793. The first-order valence-corrected chi connectivity index (χ1v) is 9.16. The van der Waals surface area contributed by atoms with Gasteiger partial charge in [0.05, 0.1) is 0 Å². The smallest absolute Gasteiger partial charge is 0.0206 e. The van der Waals surface area contributed by atoms with E-state index in [9.17, 15) is 0 Å². The quantitative estimate of drug-likeness (QED) is 0.505. The summed E-state index contributed by atoms with van der Waals surface area (Å²) in [5.41, 5.74) is 1.54. The molecule has 4 unspecified atom stereocenters. The van der Waals surface area contributed by atoms with Crippen molar-refractivity contribution in [2.45, 2.75) is 79.1 Å². The fourth-order valence-electron chi connectivity index (χ4n) is 3.56. The molecule has 0 N–H and O–H groups in total. The van der Waals surface area contributed by atoms with Crippen LogP contribution in [0.3, 0.4) is 0 Å². The van der Waals surface area contributed by atoms with Crippen LogP contribution in [0, 0.1) is 35.5 Å². The Morgan fingerprint density at radius 1 is 0.950 bits per heavy atom. The molecule has 3 rings (SSSR count). The molecule has 3 aliphatic rings. The molecule has 0 spiro atoms. The molecule has 0 heterocycles. The van der Waals surface area contributed by atoms with Crippen molar-refractivity contribution in [1.29, 1.82) is 0 Å². The van der Waals surface area contributed by atoms with Gasteiger partial charge in [0.1, 0.15) is 0 Å². The maximum absolute atomic E-state index is 4.34. The average molecular weight is 277 g/mol. The van der Waals surface area contributed by atoms with Crippen molar-refractivity contribution < 1.29 is 0 Å². The standard InChI is InChI=1S/C15H26.C5H10/c1-11(13(3)15-8-5-9-15)10-12(2)14-6-4-7-14;1-4-3-5(4)2/h12-15H,1,4-10H2,2-3H3;4-5H,3H2,1-2H3. The molecule has 3 saturated carbocycles. The van der Waals surface area contributed by atoms with Crippen molar-refractivity contribution in [1.82, 2.24) is 0 Å². The Morgan fingerprint density at radius 2 is 1.40 bits per heavy atom. The second kappa shape index (κ2) is 7.14. The number of hydrogen-bond donors (Lipinski definition) is 0. The summed E-state index contributed by atoms with van der Waals surface area (Å²) in [5, 5.41) is 0. The lowest BCUT2D eigenvalue weighted by Crippen LogP contribution is -2.24. The van der Waals surface area contributed by atoms with Crippen LogP contribution in [0.1, 0.15) is 79.1 Å². The Labute approximate surface area is 127 Å². The van der Waals surface area contributed by atoms with Gasteiger partial charge in [-0.25, -0.2) is 0 Å². The number of hydrogen-bond acceptors (Lipinski definition) is 0. The monoisotopic (exact) mass is 276 g/mol. The zero-order valence-electron chi connectivity index (χ0n) is 14.3. The molecule has 0 nitrogen and oxygen atoms in total. The van der Waals surface area contributed by atoms with Gasteiger partial charge < -0.3 is 0 Å². The van der Waals surface area contributed by atoms with Gasteiger partial charge in [0, 0.05) is 0 Å². The van der Waals surface area contributed by atoms with Crippen LogP contribution >= 0.6 is 0 Å². The van der Waals surface area contributed by atoms with Crippen LogP contribution in [0.5, 0.6) is 0 Å². The first-order valence-electron chi connectivity index (χ1n) is 9.16. The Morgan fingerprint density at radius 3 is 1.70 bits per heavy atom. The molecule has 4 atom stereocenters. The van der Waals surface area contributed by atoms with Crippen molar-refractivity contribution in [3.8, 4) is 0 Å². The topological polar surface area (TPSA) is 0 Å². The molecule has 3 fully saturated rings. The highest BCUT2D eigenvalue weighted by Gasteiger charge is 2.29. The Balaban J connectivity index is 0.000000247. The van der Waals surface area contributed by atoms with E-state index in [1.165, 1.54) is 51.4 Å². The van der Waals surface area contributed by atoms with Crippen LogP contribution in [0.4, 0.5) is 0 Å². The first kappa shape index (κ1) is 16.1. The molecular formula is C20H36. The van der Waals surface area contributed by atoms with Crippen LogP contribution in [-0.2, 0) is 0 Å². The first-order chi connectivity index (χ1) is 9.49. The summed E-state index contributed by atoms with van der Waals surface area (Å²) in [7, 11) is 0. The number of allylic oxidation sites excluding steroid dienone is 1. The zero-order valence-corrected chi connectivity index (χ0v) is 14.3. The molecule has 3 aliphatic carbocycles. The summed E-state index contributed by atoms with van der Waals surface area (Å²) >= 11 is 0. The molecule has 116 valence electrons. The van der Waals surface area contributed by atoms with E-state index in [4.69, 9.17) is 0 Å². The maximum atomic E-state index is 4.34. The molecule has 0 bridgehead atoms. The maximum Gasteiger partial charge on any atom is -0.0206 e. The minimum Gasteiger partial charge on any atom is -0.0996 e. The van der Waals surface area contributed by atoms with E-state index in [1.54, 1.807) is 5.57 Å². The van der Waals surface area contributed by atoms with Crippen molar-refractivity contribution in [3.05, 3.63) is 12.2 Å². The highest BCUT2D eigenvalue weighted by molar-refractivity contribution is 5.04. The largest absolute Gasteiger partial charge is 0.0996 e. The van der Waals surface area contributed by atoms with Gasteiger partial charge in [-0.05, 0) is 61.2 Å². The summed E-state index contributed by atoms with van der Waals surface area (Å²) < 4.78 is 0. The molecule has 0 saturated heterocycles. The van der Waals surface area contributed by atoms with Gasteiger partial charge in [0.2, 0.25) is 0 Å². The van der Waals surface area contributed by atoms with Gasteiger partial charge in [-0.3, -0.25) is 0 Å². The second-order valence-electron chi connectivity index (χ2n) is 8.20. The fourth-order valence-corrected chi connectivity index (χ4v) is 3.56. The van der Waals surface area contributed by atoms with Crippen molar-refractivity contribution in [2.24, 2.45) is 35.5 Å². The molecule has 0 radical (unpaired) electrons. The third-order valence-electron chi connectivity index (χ3n) is 6.55. The summed E-state index contributed by atoms with van der Waals surface area (Å²) in [4.78, 5) is 0. The Hall–Kier alpha value is -0.260. The molecule has 0 aliphatic heterocycles. The van der Waals surface area contributed by atoms with Crippen molar-refractivity contribution in [2.75, 3.05) is 0 Å². The lowest BCUT2D eigenvalue weighted by Gasteiger charge is -2.36. The summed E-state index contributed by atoms with van der Waals surface area (Å²) in [6.45, 7) is 13.8. The molecule has 0 amide bonds. The summed E-state index contributed by atoms with van der Waals surface area (Å²) in [6, 6.07) is 0. The predicted molar refractivity (Wildman–Crippen MR) is 89.7 cm³/mol. The molecule has 0 heteroatoms. The van der Waals surface area contributed by atoms with E-state index in [0.29, 0.717) is 0 Å². The minimum absolute atomic E-state index is 0.793. The Bertz CT molecular complexity index is 302. The van der Waals surface area contributed by atoms with E-state index in [2.05, 4.69) is 34.3 Å². The summed E-state index contributed by atoms with van der Waals surface area (Å²) in [5.74, 6) is 5.79. The Kier molecular flexibility index (Phi) is 5.75. The van der Waals surface area contributed by atoms with E-state index in [1.807, 2.05) is 0 Å². The van der Waals surface area contributed by atoms with E-state index in [-0.39, 0.29) is 0 Å². The van der Waals surface area contributed by atoms with Crippen molar-refractivity contribution >= 4 is 0 Å². The summed E-state index contributed by atoms with van der Waals surface area (Å²) in [6.07, 6.45) is 11.6. The highest BCUT2D eigenvalue weighted by Crippen LogP contribution is 2.41. The van der Waals surface area contributed by atoms with Gasteiger partial charge in [0.15, 0.2) is 0 Å². The van der Waals surface area contributed by atoms with E-state index < -0.39 is 0 Å². The van der Waals surface area contributed by atoms with Crippen LogP contribution in [0.15, 0.2) is 12.2 Å². The van der Waals surface area contributed by atoms with Gasteiger partial charge >= 0.3 is 0 Å². The lowest BCUT2D eigenvalue weighted by molar-refractivity contribution is 0.201. The van der Waals surface area contributed by atoms with Crippen LogP contribution in [0.2, 0.25) is 0 Å². The second-order valence-corrected chi connectivity index (χ2v) is 8.20. The number of rotatable bonds is 5. The van der Waals surface area contributed by atoms with Gasteiger partial charge in [-0.2, -0.15) is 0 Å². The highest BCUT2D eigenvalue weighted by atomic mass is 14.3. The zero-order chi connectivity index (χ0) is 14.7. The molecule has 0 aromatic rings. The van der Waals surface area contributed by atoms with Gasteiger partial charge in [-0.1, -0.05) is 65.5 Å². The fraction of sp³-hybridized carbons (Fsp3) is 0.900. The molecule has 0 aromatic heterocycles. The van der Waals surface area contributed by atoms with Crippen LogP contribution in [-0.4, -0.2) is 0 Å². The van der Waals surface area contributed by atoms with Gasteiger partial charge in [0.25, 0.3) is 0 Å². The SMILES string of the molecule is C=C(CC(C)C1CCC1)C(C)C1CCC1.CC1CC1C. The third-order valence-corrected chi connectivity index (χ3v) is 6.55. The van der Waals surface area contributed by atoms with Crippen LogP contribution < -0.4 is 0 Å². The molecule has 0 aromatic carbocycles. The average Bonchev–Trinajstić information content (AvgIpc) is 2.87. The normalized spacial score (nSPS) is 32.2. The van der Waals surface area contributed by atoms with Gasteiger partial charge in [-0.15, -0.1) is 0 Å².